The Hall–Kier alpha value is -3.56. The van der Waals surface area contributed by atoms with Crippen molar-refractivity contribution in [3.63, 3.8) is 0 Å². The van der Waals surface area contributed by atoms with Crippen LogP contribution >= 0.6 is 0 Å². The summed E-state index contributed by atoms with van der Waals surface area (Å²) in [5.41, 5.74) is 1.07. The van der Waals surface area contributed by atoms with Gasteiger partial charge >= 0.3 is 12.2 Å². The first-order valence-electron chi connectivity index (χ1n) is 15.5. The quantitative estimate of drug-likeness (QED) is 0.318. The summed E-state index contributed by atoms with van der Waals surface area (Å²) in [6, 6.07) is 0.784. The van der Waals surface area contributed by atoms with Crippen molar-refractivity contribution in [2.45, 2.75) is 69.6 Å². The second kappa shape index (κ2) is 10.2. The van der Waals surface area contributed by atoms with Gasteiger partial charge < -0.3 is 35.1 Å². The molecule has 7 heterocycles. The molecule has 1 aromatic carbocycles. The Balaban J connectivity index is 1.33. The van der Waals surface area contributed by atoms with Crippen LogP contribution in [0.5, 0.6) is 11.9 Å². The number of halogens is 5. The van der Waals surface area contributed by atoms with Gasteiger partial charge in [-0.05, 0) is 58.3 Å². The highest BCUT2D eigenvalue weighted by Crippen LogP contribution is 2.48. The number of pyridine rings is 1. The first-order valence-corrected chi connectivity index (χ1v) is 15.5. The number of likely N-dealkylation sites (tertiary alicyclic amines) is 1. The average Bonchev–Trinajstić information content (AvgIpc) is 3.67. The molecule has 5 aliphatic heterocycles. The van der Waals surface area contributed by atoms with Crippen molar-refractivity contribution in [2.24, 2.45) is 5.41 Å². The van der Waals surface area contributed by atoms with E-state index in [1.54, 1.807) is 0 Å². The van der Waals surface area contributed by atoms with E-state index in [0.717, 1.165) is 38.8 Å². The largest absolute Gasteiger partial charge is 0.472 e. The van der Waals surface area contributed by atoms with Crippen molar-refractivity contribution < 1.29 is 36.2 Å². The highest BCUT2D eigenvalue weighted by Gasteiger charge is 2.52. The minimum atomic E-state index is -5.04. The molecule has 0 spiro atoms. The molecular weight excluding hydrogens is 613 g/mol. The summed E-state index contributed by atoms with van der Waals surface area (Å²) >= 11 is 0. The molecule has 3 aromatic rings. The van der Waals surface area contributed by atoms with E-state index in [1.165, 1.54) is 0 Å². The number of piperazine rings is 1. The standard InChI is InChI=1S/C31H34F5N7O3/c1-13-21(31(34,35)36)16(8-17(37)22(13)32)24-23(33)25-20-27(41-29(40-25)45-12-30-6-7-42(3)19(30)10-44-11-30)43-9-15-4-5-18(38-15)26(43)14(2)46-28(20)39-24/h8,14-15,18-19,26,38H,4-7,9-12,37H2,1-3H3/t14-,15+,18-,19?,26+,30+/m0/s1. The van der Waals surface area contributed by atoms with E-state index in [1.807, 2.05) is 14.0 Å². The maximum atomic E-state index is 16.8. The third kappa shape index (κ3) is 4.34. The molecule has 2 aromatic heterocycles. The SMILES string of the molecule is Cc1c(F)c(N)cc(-c2nc3c4c(nc(OC[C@]56CCN(C)C5COC6)nc4c2F)N2C[C@H]4CC[C@H](N4)[C@H]2[C@H](C)O3)c1C(F)(F)F. The lowest BCUT2D eigenvalue weighted by molar-refractivity contribution is -0.137. The van der Waals surface area contributed by atoms with Crippen molar-refractivity contribution in [3.05, 3.63) is 28.8 Å². The number of nitrogens with zero attached hydrogens (tertiary/aromatic N) is 5. The molecule has 4 saturated heterocycles. The van der Waals surface area contributed by atoms with Gasteiger partial charge in [-0.1, -0.05) is 0 Å². The number of fused-ring (bicyclic) bond motifs is 6. The fraction of sp³-hybridized carbons (Fsp3) is 0.581. The topological polar surface area (TPSA) is 111 Å². The molecule has 5 aliphatic rings. The summed E-state index contributed by atoms with van der Waals surface area (Å²) in [5, 5.41) is 3.76. The molecule has 0 aliphatic carbocycles. The molecule has 6 atom stereocenters. The minimum absolute atomic E-state index is 0.0439. The van der Waals surface area contributed by atoms with Gasteiger partial charge in [0, 0.05) is 35.6 Å². The lowest BCUT2D eigenvalue weighted by Crippen LogP contribution is -2.62. The summed E-state index contributed by atoms with van der Waals surface area (Å²) in [6.45, 7) is 5.51. The lowest BCUT2D eigenvalue weighted by atomic mass is 9.84. The Morgan fingerprint density at radius 1 is 1.17 bits per heavy atom. The van der Waals surface area contributed by atoms with E-state index in [4.69, 9.17) is 24.9 Å². The van der Waals surface area contributed by atoms with Gasteiger partial charge in [0.2, 0.25) is 5.88 Å². The zero-order valence-electron chi connectivity index (χ0n) is 25.5. The number of aromatic nitrogens is 3. The van der Waals surface area contributed by atoms with Crippen LogP contribution in [-0.2, 0) is 10.9 Å². The lowest BCUT2D eigenvalue weighted by Gasteiger charge is -2.42. The molecule has 10 nitrogen and oxygen atoms in total. The number of benzene rings is 1. The minimum Gasteiger partial charge on any atom is -0.472 e. The number of hydrogen-bond donors (Lipinski definition) is 2. The van der Waals surface area contributed by atoms with Crippen molar-refractivity contribution in [1.82, 2.24) is 25.2 Å². The van der Waals surface area contributed by atoms with Crippen molar-refractivity contribution >= 4 is 22.4 Å². The predicted molar refractivity (Wildman–Crippen MR) is 158 cm³/mol. The average molecular weight is 648 g/mol. The fourth-order valence-corrected chi connectivity index (χ4v) is 8.36. The molecule has 0 radical (unpaired) electrons. The monoisotopic (exact) mass is 647 g/mol. The van der Waals surface area contributed by atoms with Crippen molar-refractivity contribution in [3.8, 4) is 23.1 Å². The van der Waals surface area contributed by atoms with Crippen LogP contribution in [-0.4, -0.2) is 90.1 Å². The zero-order chi connectivity index (χ0) is 32.3. The molecule has 4 fully saturated rings. The van der Waals surface area contributed by atoms with Gasteiger partial charge in [0.05, 0.1) is 30.5 Å². The fourth-order valence-electron chi connectivity index (χ4n) is 8.36. The van der Waals surface area contributed by atoms with Gasteiger partial charge in [-0.3, -0.25) is 0 Å². The van der Waals surface area contributed by atoms with Crippen molar-refractivity contribution in [1.29, 1.82) is 0 Å². The van der Waals surface area contributed by atoms with Gasteiger partial charge in [0.15, 0.2) is 5.82 Å². The van der Waals surface area contributed by atoms with E-state index in [-0.39, 0.29) is 59.0 Å². The highest BCUT2D eigenvalue weighted by atomic mass is 19.4. The first-order chi connectivity index (χ1) is 21.9. The number of anilines is 2. The Kier molecular flexibility index (Phi) is 6.62. The van der Waals surface area contributed by atoms with Crippen LogP contribution in [0.2, 0.25) is 0 Å². The van der Waals surface area contributed by atoms with Crippen LogP contribution < -0.4 is 25.4 Å². The smallest absolute Gasteiger partial charge is 0.417 e. The van der Waals surface area contributed by atoms with Crippen LogP contribution in [0.25, 0.3) is 22.2 Å². The van der Waals surface area contributed by atoms with Gasteiger partial charge in [-0.25, -0.2) is 13.8 Å². The van der Waals surface area contributed by atoms with Crippen molar-refractivity contribution in [2.75, 3.05) is 50.6 Å². The Morgan fingerprint density at radius 2 is 1.98 bits per heavy atom. The number of likely N-dealkylation sites (N-methyl/N-ethyl adjacent to an activating group) is 1. The van der Waals surface area contributed by atoms with E-state index >= 15 is 4.39 Å². The second-order valence-corrected chi connectivity index (χ2v) is 13.4. The molecule has 46 heavy (non-hydrogen) atoms. The summed E-state index contributed by atoms with van der Waals surface area (Å²) in [4.78, 5) is 17.9. The van der Waals surface area contributed by atoms with Crippen LogP contribution in [0, 0.1) is 24.0 Å². The summed E-state index contributed by atoms with van der Waals surface area (Å²) in [6.07, 6.45) is -2.87. The van der Waals surface area contributed by atoms with Crippen LogP contribution in [0.3, 0.4) is 0 Å². The molecule has 0 amide bonds. The molecule has 0 saturated carbocycles. The van der Waals surface area contributed by atoms with E-state index in [0.29, 0.717) is 25.6 Å². The highest BCUT2D eigenvalue weighted by molar-refractivity contribution is 5.97. The maximum absolute atomic E-state index is 16.8. The molecule has 3 N–H and O–H groups in total. The Labute approximate surface area is 261 Å². The molecule has 1 unspecified atom stereocenters. The maximum Gasteiger partial charge on any atom is 0.417 e. The Bertz CT molecular complexity index is 1760. The van der Waals surface area contributed by atoms with E-state index in [2.05, 4.69) is 25.1 Å². The van der Waals surface area contributed by atoms with Gasteiger partial charge in [0.25, 0.3) is 0 Å². The van der Waals surface area contributed by atoms with E-state index < -0.39 is 52.0 Å². The number of nitrogens with one attached hydrogen (secondary N) is 1. The number of nitrogens with two attached hydrogens (primary N) is 1. The van der Waals surface area contributed by atoms with E-state index in [9.17, 15) is 17.6 Å². The molecule has 8 rings (SSSR count). The third-order valence-electron chi connectivity index (χ3n) is 10.6. The number of ether oxygens (including phenoxy) is 3. The predicted octanol–water partition coefficient (Wildman–Crippen LogP) is 4.07. The summed E-state index contributed by atoms with van der Waals surface area (Å²) in [5.74, 6) is -2.13. The zero-order valence-corrected chi connectivity index (χ0v) is 25.5. The Morgan fingerprint density at radius 3 is 2.76 bits per heavy atom. The van der Waals surface area contributed by atoms with Gasteiger partial charge in [-0.2, -0.15) is 23.1 Å². The summed E-state index contributed by atoms with van der Waals surface area (Å²) in [7, 11) is 2.03. The summed E-state index contributed by atoms with van der Waals surface area (Å²) < 4.78 is 93.1. The normalized spacial score (nSPS) is 30.3. The molecule has 15 heteroatoms. The van der Waals surface area contributed by atoms with Crippen LogP contribution in [0.15, 0.2) is 6.07 Å². The second-order valence-electron chi connectivity index (χ2n) is 13.4. The van der Waals surface area contributed by atoms with Gasteiger partial charge in [-0.15, -0.1) is 0 Å². The number of nitrogen functional groups attached to an aromatic ring is 1. The molecular formula is C31H34F5N7O3. The van der Waals surface area contributed by atoms with Crippen LogP contribution in [0.4, 0.5) is 33.5 Å². The van der Waals surface area contributed by atoms with Gasteiger partial charge in [0.1, 0.15) is 40.9 Å². The number of hydrogen-bond acceptors (Lipinski definition) is 10. The first kappa shape index (κ1) is 29.8. The van der Waals surface area contributed by atoms with Crippen LogP contribution in [0.1, 0.15) is 37.3 Å². The number of rotatable bonds is 4. The third-order valence-corrected chi connectivity index (χ3v) is 10.6. The number of alkyl halides is 3. The molecule has 2 bridgehead atoms. The molecule has 246 valence electrons.